The lowest BCUT2D eigenvalue weighted by Gasteiger charge is -2.01. The minimum atomic E-state index is -0.393. The molecule has 1 atom stereocenters. The molecule has 1 heterocycles. The summed E-state index contributed by atoms with van der Waals surface area (Å²) in [6.07, 6.45) is 2.66. The maximum absolute atomic E-state index is 13.2. The predicted octanol–water partition coefficient (Wildman–Crippen LogP) is 3.91. The number of benzene rings is 1. The zero-order chi connectivity index (χ0) is 12.4. The third kappa shape index (κ3) is 2.84. The number of rotatable bonds is 3. The van der Waals surface area contributed by atoms with Gasteiger partial charge in [0.1, 0.15) is 5.82 Å². The smallest absolute Gasteiger partial charge is 0.126 e. The van der Waals surface area contributed by atoms with Crippen molar-refractivity contribution in [3.8, 4) is 5.69 Å². The Labute approximate surface area is 112 Å². The molecule has 0 amide bonds. The van der Waals surface area contributed by atoms with Gasteiger partial charge in [-0.25, -0.2) is 9.07 Å². The summed E-state index contributed by atoms with van der Waals surface area (Å²) in [6.45, 7) is 2.04. The number of hydrogen-bond donors (Lipinski definition) is 0. The molecular formula is C11H10BrClFN3. The van der Waals surface area contributed by atoms with Crippen LogP contribution in [0.1, 0.15) is 23.9 Å². The molecule has 2 aromatic rings. The Morgan fingerprint density at radius 3 is 2.88 bits per heavy atom. The van der Waals surface area contributed by atoms with Crippen molar-refractivity contribution in [2.75, 3.05) is 0 Å². The van der Waals surface area contributed by atoms with Gasteiger partial charge in [0, 0.05) is 5.02 Å². The molecule has 0 aliphatic heterocycles. The second kappa shape index (κ2) is 5.14. The molecule has 0 N–H and O–H groups in total. The van der Waals surface area contributed by atoms with Crippen LogP contribution < -0.4 is 0 Å². The minimum Gasteiger partial charge on any atom is -0.220 e. The summed E-state index contributed by atoms with van der Waals surface area (Å²) in [5.41, 5.74) is 1.37. The van der Waals surface area contributed by atoms with Crippen molar-refractivity contribution in [3.05, 3.63) is 40.9 Å². The zero-order valence-electron chi connectivity index (χ0n) is 9.07. The second-order valence-corrected chi connectivity index (χ2v) is 5.13. The highest BCUT2D eigenvalue weighted by molar-refractivity contribution is 9.09. The number of nitrogens with zero attached hydrogens (tertiary/aromatic N) is 3. The van der Waals surface area contributed by atoms with Gasteiger partial charge in [-0.1, -0.05) is 39.7 Å². The lowest BCUT2D eigenvalue weighted by Crippen LogP contribution is -1.95. The molecule has 0 saturated carbocycles. The predicted molar refractivity (Wildman–Crippen MR) is 68.3 cm³/mol. The van der Waals surface area contributed by atoms with Crippen LogP contribution in [0.25, 0.3) is 5.69 Å². The topological polar surface area (TPSA) is 30.7 Å². The average Bonchev–Trinajstić information content (AvgIpc) is 2.76. The van der Waals surface area contributed by atoms with E-state index in [0.29, 0.717) is 10.7 Å². The summed E-state index contributed by atoms with van der Waals surface area (Å²) in [4.78, 5) is 0.153. The zero-order valence-corrected chi connectivity index (χ0v) is 11.4. The van der Waals surface area contributed by atoms with E-state index in [2.05, 4.69) is 26.2 Å². The van der Waals surface area contributed by atoms with Crippen LogP contribution in [0.15, 0.2) is 24.4 Å². The van der Waals surface area contributed by atoms with Gasteiger partial charge in [0.2, 0.25) is 0 Å². The Kier molecular flexibility index (Phi) is 3.79. The molecule has 2 rings (SSSR count). The highest BCUT2D eigenvalue weighted by atomic mass is 79.9. The first kappa shape index (κ1) is 12.5. The molecule has 1 aromatic carbocycles. The highest BCUT2D eigenvalue weighted by Crippen LogP contribution is 2.24. The quantitative estimate of drug-likeness (QED) is 0.803. The van der Waals surface area contributed by atoms with Crippen LogP contribution in [0.4, 0.5) is 4.39 Å². The fourth-order valence-corrected chi connectivity index (χ4v) is 1.85. The summed E-state index contributed by atoms with van der Waals surface area (Å²) < 4.78 is 14.7. The first-order valence-corrected chi connectivity index (χ1v) is 6.42. The lowest BCUT2D eigenvalue weighted by molar-refractivity contribution is 0.625. The summed E-state index contributed by atoms with van der Waals surface area (Å²) in [5.74, 6) is -0.393. The van der Waals surface area contributed by atoms with E-state index in [4.69, 9.17) is 11.6 Å². The molecule has 3 nitrogen and oxygen atoms in total. The third-order valence-corrected chi connectivity index (χ3v) is 3.64. The first-order chi connectivity index (χ1) is 8.10. The van der Waals surface area contributed by atoms with E-state index in [1.165, 1.54) is 16.8 Å². The fourth-order valence-electron chi connectivity index (χ4n) is 1.43. The van der Waals surface area contributed by atoms with Gasteiger partial charge < -0.3 is 0 Å². The maximum Gasteiger partial charge on any atom is 0.126 e. The minimum absolute atomic E-state index is 0.153. The highest BCUT2D eigenvalue weighted by Gasteiger charge is 2.11. The second-order valence-electron chi connectivity index (χ2n) is 3.59. The van der Waals surface area contributed by atoms with Crippen molar-refractivity contribution < 1.29 is 4.39 Å². The fraction of sp³-hybridized carbons (Fsp3) is 0.273. The largest absolute Gasteiger partial charge is 0.220 e. The molecule has 17 heavy (non-hydrogen) atoms. The van der Waals surface area contributed by atoms with Gasteiger partial charge in [0.15, 0.2) is 0 Å². The Morgan fingerprint density at radius 2 is 2.24 bits per heavy atom. The molecule has 0 radical (unpaired) electrons. The monoisotopic (exact) mass is 317 g/mol. The van der Waals surface area contributed by atoms with Gasteiger partial charge in [-0.15, -0.1) is 5.10 Å². The molecule has 0 spiro atoms. The van der Waals surface area contributed by atoms with E-state index < -0.39 is 5.82 Å². The van der Waals surface area contributed by atoms with Crippen molar-refractivity contribution in [1.82, 2.24) is 15.0 Å². The molecular weight excluding hydrogens is 308 g/mol. The van der Waals surface area contributed by atoms with Crippen molar-refractivity contribution in [2.45, 2.75) is 18.2 Å². The molecule has 0 saturated heterocycles. The van der Waals surface area contributed by atoms with Crippen LogP contribution >= 0.6 is 27.5 Å². The van der Waals surface area contributed by atoms with E-state index in [0.717, 1.165) is 12.1 Å². The number of hydrogen-bond acceptors (Lipinski definition) is 2. The molecule has 1 unspecified atom stereocenters. The molecule has 0 fully saturated rings. The number of aromatic nitrogens is 3. The molecule has 0 bridgehead atoms. The van der Waals surface area contributed by atoms with Gasteiger partial charge >= 0.3 is 0 Å². The molecule has 6 heteroatoms. The first-order valence-electron chi connectivity index (χ1n) is 5.13. The molecule has 1 aromatic heterocycles. The number of alkyl halides is 1. The van der Waals surface area contributed by atoms with Crippen LogP contribution in [0.5, 0.6) is 0 Å². The standard InChI is InChI=1S/C11H10BrClFN3/c1-2-10(12)11-6-17(16-15-11)9-4-7(13)3-8(14)5-9/h3-6,10H,2H2,1H3. The Bertz CT molecular complexity index is 509. The Morgan fingerprint density at radius 1 is 1.47 bits per heavy atom. The normalized spacial score (nSPS) is 12.7. The number of halogens is 3. The Balaban J connectivity index is 2.36. The molecule has 0 aliphatic rings. The van der Waals surface area contributed by atoms with Crippen LogP contribution in [-0.4, -0.2) is 15.0 Å². The lowest BCUT2D eigenvalue weighted by atomic mass is 10.2. The van der Waals surface area contributed by atoms with Gasteiger partial charge in [-0.3, -0.25) is 0 Å². The van der Waals surface area contributed by atoms with Gasteiger partial charge in [0.25, 0.3) is 0 Å². The third-order valence-electron chi connectivity index (χ3n) is 2.30. The van der Waals surface area contributed by atoms with Gasteiger partial charge in [-0.2, -0.15) is 0 Å². The maximum atomic E-state index is 13.2. The van der Waals surface area contributed by atoms with E-state index in [9.17, 15) is 4.39 Å². The van der Waals surface area contributed by atoms with Crippen molar-refractivity contribution in [1.29, 1.82) is 0 Å². The Hall–Kier alpha value is -0.940. The van der Waals surface area contributed by atoms with Crippen LogP contribution in [0.3, 0.4) is 0 Å². The average molecular weight is 319 g/mol. The summed E-state index contributed by atoms with van der Waals surface area (Å²) in [5, 5.41) is 8.31. The van der Waals surface area contributed by atoms with E-state index >= 15 is 0 Å². The van der Waals surface area contributed by atoms with E-state index in [1.807, 2.05) is 6.92 Å². The van der Waals surface area contributed by atoms with Gasteiger partial charge in [0.05, 0.1) is 22.4 Å². The van der Waals surface area contributed by atoms with Crippen molar-refractivity contribution in [3.63, 3.8) is 0 Å². The van der Waals surface area contributed by atoms with Crippen molar-refractivity contribution in [2.24, 2.45) is 0 Å². The van der Waals surface area contributed by atoms with E-state index in [1.54, 1.807) is 12.3 Å². The van der Waals surface area contributed by atoms with Crippen LogP contribution in [0.2, 0.25) is 5.02 Å². The molecule has 90 valence electrons. The van der Waals surface area contributed by atoms with Crippen LogP contribution in [0, 0.1) is 5.82 Å². The van der Waals surface area contributed by atoms with Crippen molar-refractivity contribution >= 4 is 27.5 Å². The van der Waals surface area contributed by atoms with Gasteiger partial charge in [-0.05, 0) is 24.6 Å². The summed E-state index contributed by atoms with van der Waals surface area (Å²) in [7, 11) is 0. The summed E-state index contributed by atoms with van der Waals surface area (Å²) in [6, 6.07) is 4.25. The SMILES string of the molecule is CCC(Br)c1cn(-c2cc(F)cc(Cl)c2)nn1. The van der Waals surface area contributed by atoms with E-state index in [-0.39, 0.29) is 4.83 Å². The summed E-state index contributed by atoms with van der Waals surface area (Å²) >= 11 is 9.27. The molecule has 0 aliphatic carbocycles. The van der Waals surface area contributed by atoms with Crippen LogP contribution in [-0.2, 0) is 0 Å².